The molecule has 0 unspecified atom stereocenters. The zero-order valence-corrected chi connectivity index (χ0v) is 9.22. The fraction of sp³-hybridized carbons (Fsp3) is 0.250. The molecule has 3 rings (SSSR count). The lowest BCUT2D eigenvalue weighted by Gasteiger charge is -2.30. The van der Waals surface area contributed by atoms with E-state index in [1.165, 1.54) is 16.8 Å². The van der Waals surface area contributed by atoms with Crippen LogP contribution in [0.4, 0.5) is 0 Å². The number of aromatic nitrogens is 1. The summed E-state index contributed by atoms with van der Waals surface area (Å²) in [7, 11) is 2.10. The molecule has 1 N–H and O–H groups in total. The van der Waals surface area contributed by atoms with Crippen molar-refractivity contribution in [3.63, 3.8) is 0 Å². The molecule has 0 saturated carbocycles. The van der Waals surface area contributed by atoms with E-state index in [1.54, 1.807) is 0 Å². The van der Waals surface area contributed by atoms with Crippen LogP contribution < -0.4 is 5.43 Å². The smallest absolute Gasteiger partial charge is 0.0824 e. The van der Waals surface area contributed by atoms with Crippen LogP contribution in [-0.4, -0.2) is 35.0 Å². The molecular formula is C12H14N4. The van der Waals surface area contributed by atoms with Gasteiger partial charge in [-0.15, -0.1) is 0 Å². The summed E-state index contributed by atoms with van der Waals surface area (Å²) in [6, 6.07) is 4.07. The predicted octanol–water partition coefficient (Wildman–Crippen LogP) is 1.03. The first kappa shape index (κ1) is 9.27. The van der Waals surface area contributed by atoms with Crippen molar-refractivity contribution in [2.24, 2.45) is 0 Å². The van der Waals surface area contributed by atoms with Gasteiger partial charge in [0.2, 0.25) is 0 Å². The Hall–Kier alpha value is -1.97. The molecule has 0 amide bonds. The highest BCUT2D eigenvalue weighted by Crippen LogP contribution is 2.30. The van der Waals surface area contributed by atoms with E-state index in [2.05, 4.69) is 39.8 Å². The molecule has 2 aliphatic rings. The SMILES string of the molecule is CN1C=C2C(c3ccncc3)=CNN2CC1. The number of likely N-dealkylation sites (N-methyl/N-ethyl adjacent to an activating group) is 1. The molecule has 0 fully saturated rings. The summed E-state index contributed by atoms with van der Waals surface area (Å²) in [5.41, 5.74) is 6.95. The number of nitrogens with zero attached hydrogens (tertiary/aromatic N) is 3. The molecule has 0 radical (unpaired) electrons. The van der Waals surface area contributed by atoms with Crippen molar-refractivity contribution in [3.05, 3.63) is 48.2 Å². The van der Waals surface area contributed by atoms with Gasteiger partial charge in [-0.2, -0.15) is 0 Å². The van der Waals surface area contributed by atoms with Gasteiger partial charge in [-0.3, -0.25) is 9.99 Å². The Kier molecular flexibility index (Phi) is 2.06. The number of hydrogen-bond donors (Lipinski definition) is 1. The number of allylic oxidation sites excluding steroid dienone is 1. The van der Waals surface area contributed by atoms with Crippen LogP contribution in [0.1, 0.15) is 5.56 Å². The molecular weight excluding hydrogens is 200 g/mol. The molecule has 0 atom stereocenters. The summed E-state index contributed by atoms with van der Waals surface area (Å²) in [6.07, 6.45) is 7.88. The van der Waals surface area contributed by atoms with Crippen molar-refractivity contribution in [2.75, 3.05) is 20.1 Å². The molecule has 82 valence electrons. The molecule has 4 heteroatoms. The van der Waals surface area contributed by atoms with Gasteiger partial charge in [0.05, 0.1) is 12.2 Å². The maximum Gasteiger partial charge on any atom is 0.0824 e. The van der Waals surface area contributed by atoms with Crippen molar-refractivity contribution < 1.29 is 0 Å². The lowest BCUT2D eigenvalue weighted by atomic mass is 10.1. The standard InChI is InChI=1S/C12H14N4/c1-15-6-7-16-12(9-15)11(8-14-16)10-2-4-13-5-3-10/h2-5,8-9,14H,6-7H2,1H3. The summed E-state index contributed by atoms with van der Waals surface area (Å²) < 4.78 is 0. The third-order valence-corrected chi connectivity index (χ3v) is 2.94. The topological polar surface area (TPSA) is 31.4 Å². The van der Waals surface area contributed by atoms with Gasteiger partial charge in [-0.05, 0) is 17.7 Å². The molecule has 4 nitrogen and oxygen atoms in total. The van der Waals surface area contributed by atoms with E-state index in [0.717, 1.165) is 13.1 Å². The van der Waals surface area contributed by atoms with Gasteiger partial charge < -0.3 is 10.3 Å². The highest BCUT2D eigenvalue weighted by molar-refractivity contribution is 5.79. The van der Waals surface area contributed by atoms with E-state index >= 15 is 0 Å². The van der Waals surface area contributed by atoms with Crippen LogP contribution in [0.5, 0.6) is 0 Å². The maximum absolute atomic E-state index is 4.04. The van der Waals surface area contributed by atoms with Crippen LogP contribution >= 0.6 is 0 Å². The van der Waals surface area contributed by atoms with Crippen LogP contribution in [0.25, 0.3) is 5.57 Å². The van der Waals surface area contributed by atoms with Crippen molar-refractivity contribution in [1.29, 1.82) is 0 Å². The molecule has 1 aromatic rings. The van der Waals surface area contributed by atoms with E-state index in [-0.39, 0.29) is 0 Å². The Labute approximate surface area is 94.9 Å². The summed E-state index contributed by atoms with van der Waals surface area (Å²) in [6.45, 7) is 2.06. The maximum atomic E-state index is 4.04. The second-order valence-corrected chi connectivity index (χ2v) is 4.07. The van der Waals surface area contributed by atoms with Crippen LogP contribution in [0.3, 0.4) is 0 Å². The highest BCUT2D eigenvalue weighted by atomic mass is 15.5. The lowest BCUT2D eigenvalue weighted by molar-refractivity contribution is 0.245. The van der Waals surface area contributed by atoms with Gasteiger partial charge in [0.25, 0.3) is 0 Å². The molecule has 16 heavy (non-hydrogen) atoms. The normalized spacial score (nSPS) is 18.8. The third-order valence-electron chi connectivity index (χ3n) is 2.94. The third kappa shape index (κ3) is 1.43. The molecule has 0 aliphatic carbocycles. The Balaban J connectivity index is 1.98. The minimum absolute atomic E-state index is 1.01. The zero-order chi connectivity index (χ0) is 11.0. The molecule has 0 spiro atoms. The van der Waals surface area contributed by atoms with Crippen LogP contribution in [0, 0.1) is 0 Å². The second kappa shape index (κ2) is 3.56. The van der Waals surface area contributed by atoms with Gasteiger partial charge in [-0.25, -0.2) is 0 Å². The molecule has 0 bridgehead atoms. The quantitative estimate of drug-likeness (QED) is 0.756. The van der Waals surface area contributed by atoms with Crippen molar-refractivity contribution in [3.8, 4) is 0 Å². The molecule has 2 aliphatic heterocycles. The Morgan fingerprint density at radius 2 is 2.06 bits per heavy atom. The van der Waals surface area contributed by atoms with Crippen LogP contribution in [-0.2, 0) is 0 Å². The van der Waals surface area contributed by atoms with E-state index in [9.17, 15) is 0 Å². The number of nitrogens with one attached hydrogen (secondary N) is 1. The molecule has 0 saturated heterocycles. The van der Waals surface area contributed by atoms with Crippen molar-refractivity contribution in [2.45, 2.75) is 0 Å². The minimum Gasteiger partial charge on any atom is -0.377 e. The fourth-order valence-electron chi connectivity index (χ4n) is 2.05. The van der Waals surface area contributed by atoms with Gasteiger partial charge in [-0.1, -0.05) is 0 Å². The first-order valence-corrected chi connectivity index (χ1v) is 5.41. The first-order chi connectivity index (χ1) is 7.84. The van der Waals surface area contributed by atoms with E-state index in [1.807, 2.05) is 24.5 Å². The number of rotatable bonds is 1. The first-order valence-electron chi connectivity index (χ1n) is 5.41. The van der Waals surface area contributed by atoms with Crippen molar-refractivity contribution >= 4 is 5.57 Å². The van der Waals surface area contributed by atoms with Crippen molar-refractivity contribution in [1.82, 2.24) is 20.3 Å². The number of pyridine rings is 1. The van der Waals surface area contributed by atoms with E-state index in [4.69, 9.17) is 0 Å². The number of fused-ring (bicyclic) bond motifs is 1. The molecule has 0 aromatic carbocycles. The Morgan fingerprint density at radius 3 is 2.88 bits per heavy atom. The van der Waals surface area contributed by atoms with Gasteiger partial charge in [0.15, 0.2) is 0 Å². The number of hydrazine groups is 1. The summed E-state index contributed by atoms with van der Waals surface area (Å²) >= 11 is 0. The Bertz CT molecular complexity index is 449. The monoisotopic (exact) mass is 214 g/mol. The summed E-state index contributed by atoms with van der Waals surface area (Å²) in [5.74, 6) is 0. The highest BCUT2D eigenvalue weighted by Gasteiger charge is 2.24. The fourth-order valence-corrected chi connectivity index (χ4v) is 2.05. The molecule has 1 aromatic heterocycles. The largest absolute Gasteiger partial charge is 0.377 e. The Morgan fingerprint density at radius 1 is 1.25 bits per heavy atom. The summed E-state index contributed by atoms with van der Waals surface area (Å²) in [4.78, 5) is 6.26. The van der Waals surface area contributed by atoms with Gasteiger partial charge in [0, 0.05) is 44.0 Å². The molecule has 3 heterocycles. The lowest BCUT2D eigenvalue weighted by Crippen LogP contribution is -2.39. The van der Waals surface area contributed by atoms with Gasteiger partial charge in [0.1, 0.15) is 0 Å². The number of hydrogen-bond acceptors (Lipinski definition) is 4. The predicted molar refractivity (Wildman–Crippen MR) is 62.8 cm³/mol. The average Bonchev–Trinajstić information content (AvgIpc) is 2.73. The van der Waals surface area contributed by atoms with Crippen LogP contribution in [0.2, 0.25) is 0 Å². The zero-order valence-electron chi connectivity index (χ0n) is 9.22. The second-order valence-electron chi connectivity index (χ2n) is 4.07. The van der Waals surface area contributed by atoms with E-state index < -0.39 is 0 Å². The van der Waals surface area contributed by atoms with Gasteiger partial charge >= 0.3 is 0 Å². The van der Waals surface area contributed by atoms with Crippen LogP contribution in [0.15, 0.2) is 42.6 Å². The average molecular weight is 214 g/mol. The minimum atomic E-state index is 1.01. The van der Waals surface area contributed by atoms with E-state index in [0.29, 0.717) is 0 Å². The summed E-state index contributed by atoms with van der Waals surface area (Å²) in [5, 5.41) is 2.18.